The molecule has 0 radical (unpaired) electrons. The number of benzene rings is 2. The molecule has 0 aliphatic rings. The summed E-state index contributed by atoms with van der Waals surface area (Å²) >= 11 is 4.90. The van der Waals surface area contributed by atoms with Crippen LogP contribution in [0, 0.1) is 0 Å². The van der Waals surface area contributed by atoms with Crippen LogP contribution in [0.15, 0.2) is 52.9 Å². The maximum Gasteiger partial charge on any atom is 0.287 e. The van der Waals surface area contributed by atoms with Gasteiger partial charge in [0.2, 0.25) is 0 Å². The second kappa shape index (κ2) is 7.85. The highest BCUT2D eigenvalue weighted by Crippen LogP contribution is 2.27. The fourth-order valence-electron chi connectivity index (χ4n) is 2.35. The highest BCUT2D eigenvalue weighted by Gasteiger charge is 2.13. The van der Waals surface area contributed by atoms with Crippen LogP contribution >= 0.6 is 12.2 Å². The number of furan rings is 1. The van der Waals surface area contributed by atoms with Gasteiger partial charge in [0.05, 0.1) is 11.9 Å². The normalized spacial score (nSPS) is 10.5. The third-order valence-corrected chi connectivity index (χ3v) is 3.96. The van der Waals surface area contributed by atoms with E-state index in [0.717, 1.165) is 0 Å². The van der Waals surface area contributed by atoms with E-state index in [1.54, 1.807) is 36.4 Å². The number of thiocarbonyl (C=S) groups is 1. The van der Waals surface area contributed by atoms with Crippen LogP contribution in [0.5, 0.6) is 11.5 Å². The van der Waals surface area contributed by atoms with Gasteiger partial charge < -0.3 is 19.6 Å². The van der Waals surface area contributed by atoms with Crippen molar-refractivity contribution in [1.82, 2.24) is 10.8 Å². The lowest BCUT2D eigenvalue weighted by molar-refractivity contribution is 0.0921. The van der Waals surface area contributed by atoms with Crippen molar-refractivity contribution in [2.24, 2.45) is 0 Å². The molecule has 0 aliphatic heterocycles. The molecule has 1 heterocycles. The van der Waals surface area contributed by atoms with Crippen LogP contribution < -0.4 is 15.5 Å². The van der Waals surface area contributed by atoms with Crippen molar-refractivity contribution in [1.29, 1.82) is 0 Å². The van der Waals surface area contributed by atoms with Gasteiger partial charge in [-0.2, -0.15) is 0 Å². The standard InChI is InChI=1S/C18H16N2O5S/c21-14-2-1-3-15-13(14)10-16(25-15)17(22)19-8-9-24-12-6-4-11(5-7-12)18(26)20-23/h1-7,10,21,23H,8-9H2,(H,19,22)(H,20,26). The van der Waals surface area contributed by atoms with Gasteiger partial charge in [-0.15, -0.1) is 0 Å². The Balaban J connectivity index is 1.50. The van der Waals surface area contributed by atoms with Crippen LogP contribution in [0.2, 0.25) is 0 Å². The minimum atomic E-state index is -0.390. The van der Waals surface area contributed by atoms with Crippen molar-refractivity contribution in [3.8, 4) is 11.5 Å². The molecule has 1 amide bonds. The van der Waals surface area contributed by atoms with E-state index in [1.165, 1.54) is 12.1 Å². The van der Waals surface area contributed by atoms with E-state index in [0.29, 0.717) is 22.3 Å². The molecule has 0 saturated heterocycles. The zero-order valence-corrected chi connectivity index (χ0v) is 14.4. The van der Waals surface area contributed by atoms with Crippen molar-refractivity contribution in [3.05, 3.63) is 59.9 Å². The summed E-state index contributed by atoms with van der Waals surface area (Å²) in [6, 6.07) is 13.2. The SMILES string of the molecule is O=C(NCCOc1ccc(C(=S)NO)cc1)c1cc2c(O)cccc2o1. The lowest BCUT2D eigenvalue weighted by Gasteiger charge is -2.08. The maximum atomic E-state index is 12.1. The first-order chi connectivity index (χ1) is 12.6. The first-order valence-corrected chi connectivity index (χ1v) is 8.16. The van der Waals surface area contributed by atoms with Crippen LogP contribution in [0.3, 0.4) is 0 Å². The molecule has 134 valence electrons. The second-order valence-corrected chi connectivity index (χ2v) is 5.78. The Kier molecular flexibility index (Phi) is 5.35. The molecule has 0 aliphatic carbocycles. The van der Waals surface area contributed by atoms with Gasteiger partial charge in [-0.3, -0.25) is 15.5 Å². The molecular weight excluding hydrogens is 356 g/mol. The number of rotatable bonds is 6. The highest BCUT2D eigenvalue weighted by atomic mass is 32.1. The number of hydroxylamine groups is 1. The third-order valence-electron chi connectivity index (χ3n) is 3.64. The topological polar surface area (TPSA) is 104 Å². The Morgan fingerprint density at radius 3 is 2.65 bits per heavy atom. The van der Waals surface area contributed by atoms with E-state index < -0.39 is 0 Å². The number of carbonyl (C=O) groups is 1. The first-order valence-electron chi connectivity index (χ1n) is 7.75. The number of nitrogens with one attached hydrogen (secondary N) is 2. The van der Waals surface area contributed by atoms with Gasteiger partial charge in [-0.25, -0.2) is 0 Å². The Morgan fingerprint density at radius 2 is 1.96 bits per heavy atom. The smallest absolute Gasteiger partial charge is 0.287 e. The lowest BCUT2D eigenvalue weighted by Crippen LogP contribution is -2.27. The number of phenolic OH excluding ortho intramolecular Hbond substituents is 1. The minimum Gasteiger partial charge on any atom is -0.507 e. The largest absolute Gasteiger partial charge is 0.507 e. The molecule has 26 heavy (non-hydrogen) atoms. The molecule has 1 aromatic heterocycles. The molecule has 0 bridgehead atoms. The monoisotopic (exact) mass is 372 g/mol. The molecule has 4 N–H and O–H groups in total. The van der Waals surface area contributed by atoms with E-state index in [2.05, 4.69) is 5.32 Å². The third kappa shape index (κ3) is 3.93. The number of phenols is 1. The summed E-state index contributed by atoms with van der Waals surface area (Å²) in [6.07, 6.45) is 0. The predicted molar refractivity (Wildman–Crippen MR) is 98.8 cm³/mol. The van der Waals surface area contributed by atoms with Gasteiger partial charge in [0.15, 0.2) is 5.76 Å². The Labute approximate surface area is 154 Å². The van der Waals surface area contributed by atoms with Crippen LogP contribution in [0.25, 0.3) is 11.0 Å². The van der Waals surface area contributed by atoms with Crippen LogP contribution in [0.4, 0.5) is 0 Å². The quantitative estimate of drug-likeness (QED) is 0.299. The van der Waals surface area contributed by atoms with Crippen LogP contribution in [-0.4, -0.2) is 34.4 Å². The van der Waals surface area contributed by atoms with Crippen molar-refractivity contribution in [2.45, 2.75) is 0 Å². The highest BCUT2D eigenvalue weighted by molar-refractivity contribution is 7.80. The van der Waals surface area contributed by atoms with Crippen molar-refractivity contribution in [2.75, 3.05) is 13.2 Å². The lowest BCUT2D eigenvalue weighted by atomic mass is 10.2. The molecule has 0 saturated carbocycles. The van der Waals surface area contributed by atoms with E-state index in [4.69, 9.17) is 26.6 Å². The minimum absolute atomic E-state index is 0.0629. The van der Waals surface area contributed by atoms with Crippen molar-refractivity contribution >= 4 is 34.1 Å². The fourth-order valence-corrected chi connectivity index (χ4v) is 2.48. The van der Waals surface area contributed by atoms with E-state index in [-0.39, 0.29) is 35.6 Å². The summed E-state index contributed by atoms with van der Waals surface area (Å²) < 4.78 is 10.9. The van der Waals surface area contributed by atoms with Crippen LogP contribution in [0.1, 0.15) is 16.1 Å². The van der Waals surface area contributed by atoms with Gasteiger partial charge in [0.1, 0.15) is 28.7 Å². The number of hydrogen-bond acceptors (Lipinski definition) is 6. The molecule has 7 nitrogen and oxygen atoms in total. The Bertz CT molecular complexity index is 936. The average molecular weight is 372 g/mol. The number of aromatic hydroxyl groups is 1. The molecule has 3 aromatic rings. The Morgan fingerprint density at radius 1 is 1.19 bits per heavy atom. The van der Waals surface area contributed by atoms with Gasteiger partial charge in [0.25, 0.3) is 5.91 Å². The van der Waals surface area contributed by atoms with E-state index in [9.17, 15) is 9.90 Å². The summed E-state index contributed by atoms with van der Waals surface area (Å²) in [5.74, 6) is 0.403. The molecule has 0 atom stereocenters. The van der Waals surface area contributed by atoms with Crippen LogP contribution in [-0.2, 0) is 0 Å². The molecule has 3 rings (SSSR count). The maximum absolute atomic E-state index is 12.1. The van der Waals surface area contributed by atoms with Gasteiger partial charge >= 0.3 is 0 Å². The summed E-state index contributed by atoms with van der Waals surface area (Å²) in [5, 5.41) is 21.7. The predicted octanol–water partition coefficient (Wildman–Crippen LogP) is 2.60. The first kappa shape index (κ1) is 17.7. The number of amides is 1. The van der Waals surface area contributed by atoms with E-state index >= 15 is 0 Å². The molecular formula is C18H16N2O5S. The van der Waals surface area contributed by atoms with Crippen molar-refractivity contribution < 1.29 is 24.3 Å². The molecule has 0 spiro atoms. The molecule has 0 fully saturated rings. The number of hydrogen-bond donors (Lipinski definition) is 4. The van der Waals surface area contributed by atoms with Crippen molar-refractivity contribution in [3.63, 3.8) is 0 Å². The summed E-state index contributed by atoms with van der Waals surface area (Å²) in [5.41, 5.74) is 3.02. The zero-order valence-electron chi connectivity index (χ0n) is 13.6. The number of fused-ring (bicyclic) bond motifs is 1. The molecule has 2 aromatic carbocycles. The van der Waals surface area contributed by atoms with Gasteiger partial charge in [-0.1, -0.05) is 18.3 Å². The zero-order chi connectivity index (χ0) is 18.5. The summed E-state index contributed by atoms with van der Waals surface area (Å²) in [7, 11) is 0. The molecule has 0 unspecified atom stereocenters. The molecule has 8 heteroatoms. The Hall–Kier alpha value is -3.10. The van der Waals surface area contributed by atoms with E-state index in [1.807, 2.05) is 5.48 Å². The summed E-state index contributed by atoms with van der Waals surface area (Å²) in [6.45, 7) is 0.541. The van der Waals surface area contributed by atoms with Gasteiger partial charge in [-0.05, 0) is 36.4 Å². The summed E-state index contributed by atoms with van der Waals surface area (Å²) in [4.78, 5) is 12.3. The number of carbonyl (C=O) groups excluding carboxylic acids is 1. The average Bonchev–Trinajstić information content (AvgIpc) is 3.11. The second-order valence-electron chi connectivity index (χ2n) is 5.37. The number of ether oxygens (including phenoxy) is 1. The van der Waals surface area contributed by atoms with Gasteiger partial charge in [0, 0.05) is 11.6 Å². The fraction of sp³-hybridized carbons (Fsp3) is 0.111.